The monoisotopic (exact) mass is 453 g/mol. The van der Waals surface area contributed by atoms with Gasteiger partial charge in [-0.25, -0.2) is 5.84 Å². The number of anilines is 1. The van der Waals surface area contributed by atoms with Gasteiger partial charge < -0.3 is 10.1 Å². The number of benzene rings is 2. The highest BCUT2D eigenvalue weighted by Crippen LogP contribution is 2.34. The highest BCUT2D eigenvalue weighted by molar-refractivity contribution is 6.30. The van der Waals surface area contributed by atoms with E-state index in [9.17, 15) is 18.0 Å². The number of allylic oxidation sites excluding steroid dienone is 1. The van der Waals surface area contributed by atoms with Gasteiger partial charge in [-0.3, -0.25) is 9.80 Å². The number of carbonyl (C=O) groups is 1. The van der Waals surface area contributed by atoms with Gasteiger partial charge in [0.05, 0.1) is 18.0 Å². The summed E-state index contributed by atoms with van der Waals surface area (Å²) in [6.07, 6.45) is -2.54. The molecule has 0 heterocycles. The number of hydrogen-bond acceptors (Lipinski definition) is 4. The summed E-state index contributed by atoms with van der Waals surface area (Å²) in [5.41, 5.74) is -0.127. The van der Waals surface area contributed by atoms with Crippen LogP contribution in [0.4, 0.5) is 18.9 Å². The van der Waals surface area contributed by atoms with Crippen molar-refractivity contribution in [2.24, 2.45) is 5.84 Å². The molecular formula is C22H23ClF3N3O2. The number of amides is 1. The van der Waals surface area contributed by atoms with E-state index in [1.807, 2.05) is 6.07 Å². The molecule has 2 aromatic carbocycles. The lowest BCUT2D eigenvalue weighted by molar-refractivity contribution is -0.267. The summed E-state index contributed by atoms with van der Waals surface area (Å²) in [7, 11) is 0. The van der Waals surface area contributed by atoms with E-state index in [0.29, 0.717) is 28.9 Å². The number of carbonyl (C=O) groups excluding carboxylic acids is 1. The normalized spacial score (nSPS) is 12.4. The first-order chi connectivity index (χ1) is 14.4. The van der Waals surface area contributed by atoms with Gasteiger partial charge in [0.2, 0.25) is 6.41 Å². The smallest absolute Gasteiger partial charge is 0.361 e. The molecule has 9 heteroatoms. The fraction of sp³-hybridized carbons (Fsp3) is 0.227. The number of rotatable bonds is 9. The third-order valence-corrected chi connectivity index (χ3v) is 4.60. The van der Waals surface area contributed by atoms with E-state index in [0.717, 1.165) is 13.8 Å². The Labute approximate surface area is 183 Å². The topological polar surface area (TPSA) is 67.6 Å². The van der Waals surface area contributed by atoms with Crippen molar-refractivity contribution in [3.8, 4) is 0 Å². The van der Waals surface area contributed by atoms with Crippen LogP contribution in [-0.2, 0) is 16.1 Å². The first kappa shape index (κ1) is 24.5. The number of nitrogens with two attached hydrogens (primary N) is 1. The zero-order valence-electron chi connectivity index (χ0n) is 17.0. The second kappa shape index (κ2) is 10.00. The molecule has 1 amide bonds. The van der Waals surface area contributed by atoms with Gasteiger partial charge in [0.15, 0.2) is 5.60 Å². The second-order valence-corrected chi connectivity index (χ2v) is 7.60. The average Bonchev–Trinajstić information content (AvgIpc) is 2.70. The van der Waals surface area contributed by atoms with Crippen LogP contribution in [0.3, 0.4) is 0 Å². The zero-order chi connectivity index (χ0) is 23.2. The minimum atomic E-state index is -4.53. The van der Waals surface area contributed by atoms with Crippen molar-refractivity contribution in [2.75, 3.05) is 5.01 Å². The summed E-state index contributed by atoms with van der Waals surface area (Å²) < 4.78 is 44.4. The van der Waals surface area contributed by atoms with E-state index in [-0.39, 0.29) is 17.3 Å². The minimum Gasteiger partial charge on any atom is -0.361 e. The fourth-order valence-corrected chi connectivity index (χ4v) is 2.79. The predicted octanol–water partition coefficient (Wildman–Crippen LogP) is 5.18. The molecule has 0 aromatic heterocycles. The number of hydrazine groups is 1. The van der Waals surface area contributed by atoms with Gasteiger partial charge in [-0.2, -0.15) is 13.2 Å². The van der Waals surface area contributed by atoms with Crippen LogP contribution in [0.5, 0.6) is 0 Å². The van der Waals surface area contributed by atoms with E-state index in [1.54, 1.807) is 36.4 Å². The maximum absolute atomic E-state index is 13.1. The number of hydrogen-bond donors (Lipinski definition) is 2. The number of ether oxygens (including phenoxy) is 1. The van der Waals surface area contributed by atoms with E-state index in [1.165, 1.54) is 17.2 Å². The Morgan fingerprint density at radius 1 is 1.23 bits per heavy atom. The van der Waals surface area contributed by atoms with E-state index < -0.39 is 11.8 Å². The molecule has 5 nitrogen and oxygen atoms in total. The largest absolute Gasteiger partial charge is 0.416 e. The van der Waals surface area contributed by atoms with Gasteiger partial charge in [0.1, 0.15) is 0 Å². The predicted molar refractivity (Wildman–Crippen MR) is 116 cm³/mol. The van der Waals surface area contributed by atoms with Crippen molar-refractivity contribution in [1.82, 2.24) is 5.32 Å². The SMILES string of the molecule is C=C(/C=C(/c1cc(Cl)cc(COC(C)(C)C(F)(F)F)c1)N(N)c1ccccc1)NC=O. The van der Waals surface area contributed by atoms with Crippen molar-refractivity contribution >= 4 is 29.4 Å². The zero-order valence-corrected chi connectivity index (χ0v) is 17.8. The third kappa shape index (κ3) is 6.58. The summed E-state index contributed by atoms with van der Waals surface area (Å²) >= 11 is 6.22. The fourth-order valence-electron chi connectivity index (χ4n) is 2.53. The van der Waals surface area contributed by atoms with E-state index >= 15 is 0 Å². The summed E-state index contributed by atoms with van der Waals surface area (Å²) in [6, 6.07) is 13.7. The lowest BCUT2D eigenvalue weighted by Crippen LogP contribution is -2.41. The molecule has 0 atom stereocenters. The van der Waals surface area contributed by atoms with Crippen molar-refractivity contribution < 1.29 is 22.7 Å². The third-order valence-electron chi connectivity index (χ3n) is 4.38. The molecule has 3 N–H and O–H groups in total. The van der Waals surface area contributed by atoms with Crippen molar-refractivity contribution in [3.05, 3.63) is 83.0 Å². The van der Waals surface area contributed by atoms with Gasteiger partial charge in [0, 0.05) is 16.3 Å². The van der Waals surface area contributed by atoms with Crippen molar-refractivity contribution in [3.63, 3.8) is 0 Å². The highest BCUT2D eigenvalue weighted by atomic mass is 35.5. The standard InChI is InChI=1S/C22H23ClF3N3O2/c1-15(28-14-30)9-20(29(27)19-7-5-4-6-8-19)17-10-16(11-18(23)12-17)13-31-21(2,3)22(24,25)26/h4-12,14H,1,13,27H2,2-3H3,(H,28,30)/b20-9-. The lowest BCUT2D eigenvalue weighted by Gasteiger charge is -2.28. The van der Waals surface area contributed by atoms with E-state index in [4.69, 9.17) is 22.2 Å². The Balaban J connectivity index is 2.44. The summed E-state index contributed by atoms with van der Waals surface area (Å²) in [5, 5.41) is 4.06. The van der Waals surface area contributed by atoms with Crippen LogP contribution in [0.15, 0.2) is 66.9 Å². The molecule has 0 fully saturated rings. The molecule has 0 aliphatic rings. The minimum absolute atomic E-state index is 0.257. The number of alkyl halides is 3. The average molecular weight is 454 g/mol. The van der Waals surface area contributed by atoms with Crippen molar-refractivity contribution in [2.45, 2.75) is 32.2 Å². The van der Waals surface area contributed by atoms with Crippen LogP contribution in [-0.4, -0.2) is 18.2 Å². The van der Waals surface area contributed by atoms with Gasteiger partial charge in [-0.15, -0.1) is 0 Å². The Morgan fingerprint density at radius 3 is 2.45 bits per heavy atom. The second-order valence-electron chi connectivity index (χ2n) is 7.17. The lowest BCUT2D eigenvalue weighted by atomic mass is 10.1. The molecule has 0 saturated heterocycles. The summed E-state index contributed by atoms with van der Waals surface area (Å²) in [4.78, 5) is 10.8. The Hall–Kier alpha value is -2.81. The van der Waals surface area contributed by atoms with Crippen LogP contribution in [0, 0.1) is 0 Å². The van der Waals surface area contributed by atoms with Gasteiger partial charge >= 0.3 is 6.18 Å². The molecule has 2 aromatic rings. The molecule has 2 rings (SSSR count). The number of halogens is 4. The molecule has 0 aliphatic heterocycles. The molecule has 166 valence electrons. The van der Waals surface area contributed by atoms with Crippen LogP contribution in [0.1, 0.15) is 25.0 Å². The Kier molecular flexibility index (Phi) is 7.89. The summed E-state index contributed by atoms with van der Waals surface area (Å²) in [6.45, 7) is 5.33. The van der Waals surface area contributed by atoms with Gasteiger partial charge in [-0.1, -0.05) is 36.4 Å². The van der Waals surface area contributed by atoms with Gasteiger partial charge in [-0.05, 0) is 55.8 Å². The van der Waals surface area contributed by atoms with Crippen LogP contribution in [0.25, 0.3) is 5.70 Å². The molecular weight excluding hydrogens is 431 g/mol. The Morgan fingerprint density at radius 2 is 1.87 bits per heavy atom. The van der Waals surface area contributed by atoms with Gasteiger partial charge in [0.25, 0.3) is 0 Å². The van der Waals surface area contributed by atoms with Crippen LogP contribution in [0.2, 0.25) is 5.02 Å². The Bertz CT molecular complexity index is 960. The summed E-state index contributed by atoms with van der Waals surface area (Å²) in [5.74, 6) is 6.30. The van der Waals surface area contributed by atoms with E-state index in [2.05, 4.69) is 11.9 Å². The molecule has 31 heavy (non-hydrogen) atoms. The maximum Gasteiger partial charge on any atom is 0.416 e. The van der Waals surface area contributed by atoms with Crippen molar-refractivity contribution in [1.29, 1.82) is 0 Å². The van der Waals surface area contributed by atoms with Crippen LogP contribution < -0.4 is 16.2 Å². The molecule has 0 bridgehead atoms. The number of nitrogens with zero attached hydrogens (tertiary/aromatic N) is 1. The molecule has 0 aliphatic carbocycles. The molecule has 0 saturated carbocycles. The maximum atomic E-state index is 13.1. The molecule has 0 radical (unpaired) electrons. The quantitative estimate of drug-likeness (QED) is 0.238. The highest BCUT2D eigenvalue weighted by Gasteiger charge is 2.48. The first-order valence-electron chi connectivity index (χ1n) is 9.16. The van der Waals surface area contributed by atoms with Crippen LogP contribution >= 0.6 is 11.6 Å². The first-order valence-corrected chi connectivity index (χ1v) is 9.53. The number of para-hydroxylation sites is 1. The number of nitrogens with one attached hydrogen (secondary N) is 1. The molecule has 0 unspecified atom stereocenters. The molecule has 0 spiro atoms.